The second-order valence-electron chi connectivity index (χ2n) is 3.37. The summed E-state index contributed by atoms with van der Waals surface area (Å²) in [5, 5.41) is 11.1. The van der Waals surface area contributed by atoms with Crippen molar-refractivity contribution in [2.75, 3.05) is 18.4 Å². The second-order valence-corrected chi connectivity index (χ2v) is 3.37. The van der Waals surface area contributed by atoms with Crippen molar-refractivity contribution in [3.63, 3.8) is 0 Å². The zero-order chi connectivity index (χ0) is 11.2. The minimum atomic E-state index is 0. The van der Waals surface area contributed by atoms with Crippen molar-refractivity contribution in [1.29, 1.82) is 0 Å². The Morgan fingerprint density at radius 1 is 1.05 bits per heavy atom. The third-order valence-corrected chi connectivity index (χ3v) is 2.24. The molecule has 0 bridgehead atoms. The first kappa shape index (κ1) is 19.9. The number of aromatic nitrogens is 2. The highest BCUT2D eigenvalue weighted by atomic mass is 35.5. The van der Waals surface area contributed by atoms with Gasteiger partial charge in [0, 0.05) is 18.7 Å². The number of nitrogens with two attached hydrogens (primary N) is 1. The summed E-state index contributed by atoms with van der Waals surface area (Å²) in [6.45, 7) is 1.27. The van der Waals surface area contributed by atoms with E-state index >= 15 is 0 Å². The fraction of sp³-hybridized carbons (Fsp3) is 0.167. The van der Waals surface area contributed by atoms with Gasteiger partial charge in [0.25, 0.3) is 0 Å². The number of anilines is 1. The lowest BCUT2D eigenvalue weighted by atomic mass is 10.1. The zero-order valence-electron chi connectivity index (χ0n) is 10.2. The molecule has 1 aromatic carbocycles. The molecule has 0 atom stereocenters. The molecule has 1 aromatic heterocycles. The molecule has 0 saturated carbocycles. The average Bonchev–Trinajstić information content (AvgIpc) is 2.38. The lowest BCUT2D eigenvalue weighted by molar-refractivity contribution is 0.824. The van der Waals surface area contributed by atoms with Crippen LogP contribution in [0.25, 0.3) is 11.1 Å². The average molecular weight is 305 g/mol. The van der Waals surface area contributed by atoms with Crippen molar-refractivity contribution in [3.8, 4) is 11.1 Å². The van der Waals surface area contributed by atoms with Gasteiger partial charge in [-0.15, -0.1) is 29.9 Å². The fourth-order valence-electron chi connectivity index (χ4n) is 1.50. The predicted octanol–water partition coefficient (Wildman–Crippen LogP) is 1.53. The first-order valence-corrected chi connectivity index (χ1v) is 5.23. The first-order valence-electron chi connectivity index (χ1n) is 5.23. The highest BCUT2D eigenvalue weighted by molar-refractivity contribution is 5.85. The van der Waals surface area contributed by atoms with E-state index in [-0.39, 0.29) is 30.3 Å². The van der Waals surface area contributed by atoms with Gasteiger partial charge in [0.05, 0.1) is 6.20 Å². The van der Waals surface area contributed by atoms with Crippen molar-refractivity contribution < 1.29 is 5.48 Å². The molecule has 0 fully saturated rings. The molecule has 19 heavy (non-hydrogen) atoms. The number of nitrogens with zero attached hydrogens (tertiary/aromatic N) is 2. The number of nitrogens with one attached hydrogen (secondary N) is 1. The molecule has 0 aliphatic rings. The fourth-order valence-corrected chi connectivity index (χ4v) is 1.50. The highest BCUT2D eigenvalue weighted by Gasteiger charge is 2.04. The third-order valence-electron chi connectivity index (χ3n) is 2.24. The Balaban J connectivity index is 0. The van der Waals surface area contributed by atoms with E-state index in [0.717, 1.165) is 16.9 Å². The molecule has 0 saturated heterocycles. The van der Waals surface area contributed by atoms with E-state index in [1.807, 2.05) is 36.4 Å². The van der Waals surface area contributed by atoms with Gasteiger partial charge < -0.3 is 16.5 Å². The Morgan fingerprint density at radius 2 is 1.74 bits per heavy atom. The van der Waals surface area contributed by atoms with Crippen molar-refractivity contribution in [2.45, 2.75) is 0 Å². The van der Waals surface area contributed by atoms with Crippen LogP contribution in [0.1, 0.15) is 0 Å². The maximum atomic E-state index is 5.45. The molecule has 0 unspecified atom stereocenters. The van der Waals surface area contributed by atoms with E-state index < -0.39 is 0 Å². The summed E-state index contributed by atoms with van der Waals surface area (Å²) >= 11 is 0. The van der Waals surface area contributed by atoms with E-state index in [1.54, 1.807) is 6.20 Å². The second kappa shape index (κ2) is 10.5. The van der Waals surface area contributed by atoms with Crippen LogP contribution in [0.15, 0.2) is 42.6 Å². The monoisotopic (exact) mass is 304 g/mol. The van der Waals surface area contributed by atoms with Gasteiger partial charge in [-0.05, 0) is 11.6 Å². The van der Waals surface area contributed by atoms with Crippen LogP contribution in [0.2, 0.25) is 0 Å². The van der Waals surface area contributed by atoms with Crippen LogP contribution in [-0.2, 0) is 0 Å². The standard InChI is InChI=1S/C12H14N4.2ClH.H2O/c13-7-9-14-12-11(6-8-15-16-12)10-4-2-1-3-5-10;;;/h1-6,8H,7,9,13H2,(H,14,16);2*1H;1H2. The van der Waals surface area contributed by atoms with Crippen LogP contribution in [0.4, 0.5) is 5.82 Å². The van der Waals surface area contributed by atoms with Gasteiger partial charge in [-0.1, -0.05) is 30.3 Å². The number of hydrogen-bond donors (Lipinski definition) is 2. The van der Waals surface area contributed by atoms with Crippen LogP contribution < -0.4 is 11.1 Å². The lowest BCUT2D eigenvalue weighted by Crippen LogP contribution is -2.14. The normalized spacial score (nSPS) is 8.47. The highest BCUT2D eigenvalue weighted by Crippen LogP contribution is 2.24. The maximum absolute atomic E-state index is 5.45. The van der Waals surface area contributed by atoms with Crippen LogP contribution in [0, 0.1) is 0 Å². The van der Waals surface area contributed by atoms with Crippen LogP contribution in [0.3, 0.4) is 0 Å². The van der Waals surface area contributed by atoms with Gasteiger partial charge in [0.2, 0.25) is 0 Å². The van der Waals surface area contributed by atoms with Crippen LogP contribution >= 0.6 is 24.8 Å². The molecule has 1 heterocycles. The van der Waals surface area contributed by atoms with Crippen molar-refractivity contribution in [2.24, 2.45) is 5.73 Å². The molecular weight excluding hydrogens is 287 g/mol. The molecule has 0 amide bonds. The summed E-state index contributed by atoms with van der Waals surface area (Å²) in [5.41, 5.74) is 7.62. The summed E-state index contributed by atoms with van der Waals surface area (Å²) in [6, 6.07) is 12.0. The Hall–Kier alpha value is -1.40. The minimum absolute atomic E-state index is 0. The van der Waals surface area contributed by atoms with Gasteiger partial charge >= 0.3 is 0 Å². The van der Waals surface area contributed by atoms with Crippen molar-refractivity contribution >= 4 is 30.6 Å². The molecule has 106 valence electrons. The largest absolute Gasteiger partial charge is 0.412 e. The Morgan fingerprint density at radius 3 is 2.37 bits per heavy atom. The smallest absolute Gasteiger partial charge is 0.156 e. The predicted molar refractivity (Wildman–Crippen MR) is 83.1 cm³/mol. The molecule has 7 heteroatoms. The van der Waals surface area contributed by atoms with Gasteiger partial charge in [-0.3, -0.25) is 0 Å². The lowest BCUT2D eigenvalue weighted by Gasteiger charge is -2.08. The maximum Gasteiger partial charge on any atom is 0.156 e. The van der Waals surface area contributed by atoms with E-state index in [0.29, 0.717) is 13.1 Å². The van der Waals surface area contributed by atoms with Crippen LogP contribution in [0.5, 0.6) is 0 Å². The number of rotatable bonds is 4. The topological polar surface area (TPSA) is 95.3 Å². The third kappa shape index (κ3) is 5.40. The summed E-state index contributed by atoms with van der Waals surface area (Å²) < 4.78 is 0. The summed E-state index contributed by atoms with van der Waals surface area (Å²) in [5.74, 6) is 0.777. The first-order chi connectivity index (χ1) is 7.92. The molecule has 2 rings (SSSR count). The van der Waals surface area contributed by atoms with Crippen LogP contribution in [-0.4, -0.2) is 28.8 Å². The molecule has 0 aliphatic heterocycles. The number of halogens is 2. The molecule has 0 aliphatic carbocycles. The SMILES string of the molecule is Cl.Cl.NCCNc1nnccc1-c1ccccc1.O. The van der Waals surface area contributed by atoms with E-state index in [4.69, 9.17) is 5.73 Å². The summed E-state index contributed by atoms with van der Waals surface area (Å²) in [4.78, 5) is 0. The Labute approximate surface area is 124 Å². The molecule has 0 radical (unpaired) electrons. The van der Waals surface area contributed by atoms with Gasteiger partial charge in [-0.25, -0.2) is 0 Å². The number of benzene rings is 1. The minimum Gasteiger partial charge on any atom is -0.412 e. The van der Waals surface area contributed by atoms with Crippen molar-refractivity contribution in [3.05, 3.63) is 42.6 Å². The molecular formula is C12H18Cl2N4O. The van der Waals surface area contributed by atoms with E-state index in [9.17, 15) is 0 Å². The van der Waals surface area contributed by atoms with Gasteiger partial charge in [0.1, 0.15) is 0 Å². The molecule has 5 nitrogen and oxygen atoms in total. The quantitative estimate of drug-likeness (QED) is 0.895. The Bertz CT molecular complexity index is 456. The molecule has 5 N–H and O–H groups in total. The summed E-state index contributed by atoms with van der Waals surface area (Å²) in [7, 11) is 0. The van der Waals surface area contributed by atoms with E-state index in [2.05, 4.69) is 15.5 Å². The number of hydrogen-bond acceptors (Lipinski definition) is 4. The molecule has 0 spiro atoms. The van der Waals surface area contributed by atoms with Crippen molar-refractivity contribution in [1.82, 2.24) is 10.2 Å². The van der Waals surface area contributed by atoms with Gasteiger partial charge in [-0.2, -0.15) is 5.10 Å². The summed E-state index contributed by atoms with van der Waals surface area (Å²) in [6.07, 6.45) is 1.69. The van der Waals surface area contributed by atoms with Gasteiger partial charge in [0.15, 0.2) is 5.82 Å². The van der Waals surface area contributed by atoms with E-state index in [1.165, 1.54) is 0 Å². The zero-order valence-corrected chi connectivity index (χ0v) is 11.9. The Kier molecular flexibility index (Phi) is 11.0. The molecule has 2 aromatic rings.